The Bertz CT molecular complexity index is 488. The van der Waals surface area contributed by atoms with E-state index in [1.54, 1.807) is 16.7 Å². The van der Waals surface area contributed by atoms with E-state index in [2.05, 4.69) is 13.8 Å². The molecule has 0 spiro atoms. The van der Waals surface area contributed by atoms with Gasteiger partial charge >= 0.3 is 0 Å². The van der Waals surface area contributed by atoms with Crippen LogP contribution in [-0.2, 0) is 11.3 Å². The number of hydrogen-bond donors (Lipinski definition) is 1. The summed E-state index contributed by atoms with van der Waals surface area (Å²) in [6.07, 6.45) is 1.39. The minimum absolute atomic E-state index is 0.0923. The highest BCUT2D eigenvalue weighted by Crippen LogP contribution is 2.31. The minimum Gasteiger partial charge on any atom is -0.492 e. The van der Waals surface area contributed by atoms with Gasteiger partial charge in [0.1, 0.15) is 17.2 Å². The number of aliphatic hydroxyl groups excluding tert-OH is 1. The summed E-state index contributed by atoms with van der Waals surface area (Å²) in [6, 6.07) is 10.1. The van der Waals surface area contributed by atoms with Gasteiger partial charge in [0, 0.05) is 5.75 Å². The number of benzene rings is 1. The van der Waals surface area contributed by atoms with Crippen molar-refractivity contribution >= 4 is 28.3 Å². The van der Waals surface area contributed by atoms with Gasteiger partial charge < -0.3 is 9.84 Å². The number of rotatable bonds is 5. The topological polar surface area (TPSA) is 32.7 Å². The third kappa shape index (κ3) is 3.67. The van der Waals surface area contributed by atoms with E-state index >= 15 is 0 Å². The molecule has 0 unspecified atom stereocenters. The van der Waals surface area contributed by atoms with Crippen molar-refractivity contribution in [3.05, 3.63) is 48.0 Å². The maximum Gasteiger partial charge on any atom is 0.228 e. The molecule has 0 saturated carbocycles. The van der Waals surface area contributed by atoms with E-state index in [0.717, 1.165) is 11.3 Å². The quantitative estimate of drug-likeness (QED) is 0.658. The number of hydrogen-bond acceptors (Lipinski definition) is 4. The molecular weight excluding hydrogens is 290 g/mol. The van der Waals surface area contributed by atoms with Crippen LogP contribution in [0.15, 0.2) is 42.5 Å². The molecule has 0 amide bonds. The van der Waals surface area contributed by atoms with Crippen molar-refractivity contribution in [1.29, 1.82) is 0 Å². The fourth-order valence-electron chi connectivity index (χ4n) is 2.03. The van der Waals surface area contributed by atoms with E-state index in [1.165, 1.54) is 6.26 Å². The Hall–Kier alpha value is -1.20. The third-order valence-corrected chi connectivity index (χ3v) is 4.71. The fraction of sp³-hybridized carbons (Fsp3) is 0.400. The van der Waals surface area contributed by atoms with Gasteiger partial charge in [-0.1, -0.05) is 68.2 Å². The summed E-state index contributed by atoms with van der Waals surface area (Å²) < 4.78 is 6.16. The molecule has 1 aromatic carbocycles. The zero-order valence-electron chi connectivity index (χ0n) is 11.7. The monoisotopic (exact) mass is 309 g/mol. The van der Waals surface area contributed by atoms with Crippen LogP contribution in [0.4, 0.5) is 0 Å². The predicted molar refractivity (Wildman–Crippen MR) is 87.5 cm³/mol. The molecule has 1 aromatic rings. The average molecular weight is 309 g/mol. The molecule has 0 bridgehead atoms. The maximum absolute atomic E-state index is 10.2. The summed E-state index contributed by atoms with van der Waals surface area (Å²) in [4.78, 5) is 1.79. The molecule has 1 fully saturated rings. The summed E-state index contributed by atoms with van der Waals surface area (Å²) in [5.74, 6) is 1.43. The van der Waals surface area contributed by atoms with Crippen LogP contribution in [0.5, 0.6) is 0 Å². The first-order valence-electron chi connectivity index (χ1n) is 6.60. The van der Waals surface area contributed by atoms with Crippen LogP contribution in [0.3, 0.4) is 0 Å². The SMILES string of the molecule is CC(C)[C@@H]1CSC(=S)N1/C(O)=C/OCc1ccccc1. The molecule has 1 saturated heterocycles. The lowest BCUT2D eigenvalue weighted by Crippen LogP contribution is -2.36. The summed E-state index contributed by atoms with van der Waals surface area (Å²) in [7, 11) is 0. The highest BCUT2D eigenvalue weighted by atomic mass is 32.2. The molecule has 1 N–H and O–H groups in total. The molecule has 20 heavy (non-hydrogen) atoms. The van der Waals surface area contributed by atoms with Gasteiger partial charge in [-0.15, -0.1) is 0 Å². The van der Waals surface area contributed by atoms with Crippen molar-refractivity contribution < 1.29 is 9.84 Å². The lowest BCUT2D eigenvalue weighted by Gasteiger charge is -2.26. The normalized spacial score (nSPS) is 19.8. The molecule has 5 heteroatoms. The number of nitrogens with zero attached hydrogens (tertiary/aromatic N) is 1. The molecule has 0 aromatic heterocycles. The van der Waals surface area contributed by atoms with Crippen molar-refractivity contribution in [3.8, 4) is 0 Å². The van der Waals surface area contributed by atoms with Crippen molar-refractivity contribution in [3.63, 3.8) is 0 Å². The standard InChI is InChI=1S/C15H19NO2S2/c1-11(2)13-10-20-15(19)16(13)14(17)9-18-8-12-6-4-3-5-7-12/h3-7,9,11,13,17H,8,10H2,1-2H3/b14-9-/t13-/m0/s1. The van der Waals surface area contributed by atoms with Crippen LogP contribution in [0.1, 0.15) is 19.4 Å². The van der Waals surface area contributed by atoms with Gasteiger partial charge in [-0.05, 0) is 11.5 Å². The number of thioether (sulfide) groups is 1. The third-order valence-electron chi connectivity index (χ3n) is 3.20. The summed E-state index contributed by atoms with van der Waals surface area (Å²) in [6.45, 7) is 4.69. The molecule has 108 valence electrons. The largest absolute Gasteiger partial charge is 0.492 e. The van der Waals surface area contributed by atoms with Crippen LogP contribution in [0.25, 0.3) is 0 Å². The van der Waals surface area contributed by atoms with Crippen molar-refractivity contribution in [2.45, 2.75) is 26.5 Å². The maximum atomic E-state index is 10.2. The van der Waals surface area contributed by atoms with Gasteiger partial charge in [-0.3, -0.25) is 4.90 Å². The first kappa shape index (κ1) is 15.2. The van der Waals surface area contributed by atoms with E-state index in [1.807, 2.05) is 30.3 Å². The molecule has 1 atom stereocenters. The smallest absolute Gasteiger partial charge is 0.228 e. The van der Waals surface area contributed by atoms with Gasteiger partial charge in [0.05, 0.1) is 6.04 Å². The van der Waals surface area contributed by atoms with Crippen molar-refractivity contribution in [1.82, 2.24) is 4.90 Å². The number of ether oxygens (including phenoxy) is 1. The molecular formula is C15H19NO2S2. The fourth-order valence-corrected chi connectivity index (χ4v) is 3.68. The van der Waals surface area contributed by atoms with E-state index in [0.29, 0.717) is 16.8 Å². The van der Waals surface area contributed by atoms with Crippen LogP contribution >= 0.6 is 24.0 Å². The Kier molecular flexibility index (Phi) is 5.31. The molecule has 0 radical (unpaired) electrons. The van der Waals surface area contributed by atoms with Crippen LogP contribution < -0.4 is 0 Å². The van der Waals surface area contributed by atoms with E-state index in [-0.39, 0.29) is 11.9 Å². The highest BCUT2D eigenvalue weighted by molar-refractivity contribution is 8.23. The van der Waals surface area contributed by atoms with Crippen molar-refractivity contribution in [2.24, 2.45) is 5.92 Å². The second kappa shape index (κ2) is 6.99. The zero-order valence-corrected chi connectivity index (χ0v) is 13.3. The van der Waals surface area contributed by atoms with E-state index in [9.17, 15) is 5.11 Å². The van der Waals surface area contributed by atoms with E-state index in [4.69, 9.17) is 17.0 Å². The summed E-state index contributed by atoms with van der Waals surface area (Å²) >= 11 is 6.89. The molecule has 0 aliphatic carbocycles. The van der Waals surface area contributed by atoms with Gasteiger partial charge in [0.2, 0.25) is 5.88 Å². The first-order valence-corrected chi connectivity index (χ1v) is 7.99. The molecule has 1 aliphatic rings. The summed E-state index contributed by atoms with van der Waals surface area (Å²) in [5, 5.41) is 10.2. The van der Waals surface area contributed by atoms with Crippen LogP contribution in [0, 0.1) is 5.92 Å². The van der Waals surface area contributed by atoms with Gasteiger partial charge in [-0.25, -0.2) is 0 Å². The van der Waals surface area contributed by atoms with Gasteiger partial charge in [-0.2, -0.15) is 0 Å². The van der Waals surface area contributed by atoms with Crippen LogP contribution in [-0.4, -0.2) is 26.1 Å². The Labute approximate surface area is 129 Å². The Morgan fingerprint density at radius 1 is 1.50 bits per heavy atom. The molecule has 1 heterocycles. The lowest BCUT2D eigenvalue weighted by molar-refractivity contribution is 0.168. The number of aliphatic hydroxyl groups is 1. The van der Waals surface area contributed by atoms with Gasteiger partial charge in [0.15, 0.2) is 0 Å². The average Bonchev–Trinajstić information content (AvgIpc) is 2.82. The Balaban J connectivity index is 1.97. The second-order valence-electron chi connectivity index (χ2n) is 5.03. The number of thiocarbonyl (C=S) groups is 1. The van der Waals surface area contributed by atoms with Gasteiger partial charge in [0.25, 0.3) is 0 Å². The van der Waals surface area contributed by atoms with E-state index < -0.39 is 0 Å². The Morgan fingerprint density at radius 2 is 2.20 bits per heavy atom. The van der Waals surface area contributed by atoms with Crippen molar-refractivity contribution in [2.75, 3.05) is 5.75 Å². The summed E-state index contributed by atoms with van der Waals surface area (Å²) in [5.41, 5.74) is 1.07. The lowest BCUT2D eigenvalue weighted by atomic mass is 10.1. The Morgan fingerprint density at radius 3 is 2.85 bits per heavy atom. The molecule has 2 rings (SSSR count). The van der Waals surface area contributed by atoms with Crippen LogP contribution in [0.2, 0.25) is 0 Å². The molecule has 3 nitrogen and oxygen atoms in total. The second-order valence-corrected chi connectivity index (χ2v) is 6.68. The zero-order chi connectivity index (χ0) is 14.5. The highest BCUT2D eigenvalue weighted by Gasteiger charge is 2.33. The minimum atomic E-state index is 0.0923. The predicted octanol–water partition coefficient (Wildman–Crippen LogP) is 3.92. The first-order chi connectivity index (χ1) is 9.59. The molecule has 1 aliphatic heterocycles.